The SMILES string of the molecule is COCC(COC)n1cc(Br)nc(Nc2c(C)cc(OC)cc2C)c1=O. The summed E-state index contributed by atoms with van der Waals surface area (Å²) in [5.41, 5.74) is 2.50. The molecule has 0 aliphatic rings. The molecule has 0 atom stereocenters. The number of nitrogens with one attached hydrogen (secondary N) is 1. The lowest BCUT2D eigenvalue weighted by Gasteiger charge is -2.20. The van der Waals surface area contributed by atoms with E-state index in [9.17, 15) is 4.79 Å². The Hall–Kier alpha value is -1.90. The van der Waals surface area contributed by atoms with E-state index in [1.165, 1.54) is 0 Å². The van der Waals surface area contributed by atoms with Gasteiger partial charge in [-0.3, -0.25) is 4.79 Å². The summed E-state index contributed by atoms with van der Waals surface area (Å²) in [4.78, 5) is 17.3. The van der Waals surface area contributed by atoms with E-state index in [1.54, 1.807) is 32.1 Å². The van der Waals surface area contributed by atoms with Crippen molar-refractivity contribution in [3.8, 4) is 5.75 Å². The number of ether oxygens (including phenoxy) is 3. The van der Waals surface area contributed by atoms with Gasteiger partial charge >= 0.3 is 0 Å². The van der Waals surface area contributed by atoms with E-state index in [-0.39, 0.29) is 17.4 Å². The van der Waals surface area contributed by atoms with Crippen molar-refractivity contribution in [2.24, 2.45) is 0 Å². The highest BCUT2D eigenvalue weighted by atomic mass is 79.9. The highest BCUT2D eigenvalue weighted by Gasteiger charge is 2.18. The first kappa shape index (κ1) is 20.4. The van der Waals surface area contributed by atoms with Crippen LogP contribution in [0, 0.1) is 13.8 Å². The number of benzene rings is 1. The molecule has 1 N–H and O–H groups in total. The van der Waals surface area contributed by atoms with E-state index < -0.39 is 0 Å². The second-order valence-electron chi connectivity index (χ2n) is 5.95. The lowest BCUT2D eigenvalue weighted by Crippen LogP contribution is -2.32. The zero-order chi connectivity index (χ0) is 19.3. The predicted molar refractivity (Wildman–Crippen MR) is 105 cm³/mol. The van der Waals surface area contributed by atoms with Gasteiger partial charge in [0.1, 0.15) is 10.4 Å². The molecular formula is C18H24BrN3O4. The molecule has 0 amide bonds. The Bertz CT molecular complexity index is 794. The van der Waals surface area contributed by atoms with Gasteiger partial charge in [0.05, 0.1) is 26.4 Å². The third-order valence-electron chi connectivity index (χ3n) is 4.00. The number of nitrogens with zero attached hydrogens (tertiary/aromatic N) is 2. The predicted octanol–water partition coefficient (Wildman–Crippen LogP) is 3.21. The van der Waals surface area contributed by atoms with Gasteiger partial charge in [-0.05, 0) is 53.0 Å². The van der Waals surface area contributed by atoms with Crippen molar-refractivity contribution in [3.05, 3.63) is 44.4 Å². The van der Waals surface area contributed by atoms with E-state index in [0.717, 1.165) is 22.6 Å². The maximum absolute atomic E-state index is 12.9. The summed E-state index contributed by atoms with van der Waals surface area (Å²) in [5.74, 6) is 0.998. The van der Waals surface area contributed by atoms with Crippen LogP contribution >= 0.6 is 15.9 Å². The minimum atomic E-state index is -0.254. The van der Waals surface area contributed by atoms with Crippen LogP contribution in [0.1, 0.15) is 17.2 Å². The Labute approximate surface area is 161 Å². The number of hydrogen-bond acceptors (Lipinski definition) is 6. The van der Waals surface area contributed by atoms with Gasteiger partial charge in [-0.1, -0.05) is 0 Å². The first-order valence-electron chi connectivity index (χ1n) is 8.10. The fraction of sp³-hybridized carbons (Fsp3) is 0.444. The minimum absolute atomic E-state index is 0.230. The summed E-state index contributed by atoms with van der Waals surface area (Å²) < 4.78 is 17.8. The zero-order valence-corrected chi connectivity index (χ0v) is 17.2. The minimum Gasteiger partial charge on any atom is -0.497 e. The number of methoxy groups -OCH3 is 3. The summed E-state index contributed by atoms with van der Waals surface area (Å²) in [6, 6.07) is 3.56. The Morgan fingerprint density at radius 1 is 1.15 bits per heavy atom. The Balaban J connectivity index is 2.47. The van der Waals surface area contributed by atoms with E-state index in [2.05, 4.69) is 26.2 Å². The Morgan fingerprint density at radius 3 is 2.23 bits per heavy atom. The largest absolute Gasteiger partial charge is 0.497 e. The fourth-order valence-corrected chi connectivity index (χ4v) is 3.18. The van der Waals surface area contributed by atoms with Crippen molar-refractivity contribution in [2.75, 3.05) is 39.9 Å². The molecule has 142 valence electrons. The summed E-state index contributed by atoms with van der Waals surface area (Å²) in [6.07, 6.45) is 1.64. The van der Waals surface area contributed by atoms with E-state index in [1.807, 2.05) is 26.0 Å². The number of hydrogen-bond donors (Lipinski definition) is 1. The highest BCUT2D eigenvalue weighted by Crippen LogP contribution is 2.28. The van der Waals surface area contributed by atoms with Crippen molar-refractivity contribution in [1.29, 1.82) is 0 Å². The van der Waals surface area contributed by atoms with E-state index >= 15 is 0 Å². The lowest BCUT2D eigenvalue weighted by molar-refractivity contribution is 0.0878. The molecule has 0 aliphatic heterocycles. The van der Waals surface area contributed by atoms with Crippen LogP contribution in [0.4, 0.5) is 11.5 Å². The number of aryl methyl sites for hydroxylation is 2. The van der Waals surface area contributed by atoms with Gasteiger partial charge in [0.15, 0.2) is 5.82 Å². The summed E-state index contributed by atoms with van der Waals surface area (Å²) in [7, 11) is 4.81. The molecule has 0 saturated heterocycles. The third kappa shape index (κ3) is 4.63. The zero-order valence-electron chi connectivity index (χ0n) is 15.6. The van der Waals surface area contributed by atoms with Gasteiger partial charge in [-0.15, -0.1) is 0 Å². The standard InChI is InChI=1S/C18H24BrN3O4/c1-11-6-14(26-5)7-12(2)16(11)21-17-18(23)22(8-15(19)20-17)13(9-24-3)10-25-4/h6-8,13H,9-10H2,1-5H3,(H,20,21). The fourth-order valence-electron chi connectivity index (χ4n) is 2.78. The third-order valence-corrected chi connectivity index (χ3v) is 4.38. The molecule has 0 spiro atoms. The van der Waals surface area contributed by atoms with Crippen LogP contribution in [0.25, 0.3) is 0 Å². The maximum atomic E-state index is 12.9. The van der Waals surface area contributed by atoms with Gasteiger partial charge in [-0.2, -0.15) is 0 Å². The molecule has 1 heterocycles. The molecule has 1 aromatic heterocycles. The number of halogens is 1. The summed E-state index contributed by atoms with van der Waals surface area (Å²) in [5, 5.41) is 3.17. The van der Waals surface area contributed by atoms with Crippen LogP contribution in [-0.2, 0) is 9.47 Å². The number of anilines is 2. The average Bonchev–Trinajstić information content (AvgIpc) is 2.60. The maximum Gasteiger partial charge on any atom is 0.294 e. The quantitative estimate of drug-likeness (QED) is 0.699. The first-order valence-corrected chi connectivity index (χ1v) is 8.89. The summed E-state index contributed by atoms with van der Waals surface area (Å²) >= 11 is 3.38. The van der Waals surface area contributed by atoms with Crippen molar-refractivity contribution in [3.63, 3.8) is 0 Å². The lowest BCUT2D eigenvalue weighted by atomic mass is 10.1. The molecule has 2 rings (SSSR count). The van der Waals surface area contributed by atoms with Gasteiger partial charge < -0.3 is 24.1 Å². The molecule has 0 bridgehead atoms. The second kappa shape index (κ2) is 9.16. The van der Waals surface area contributed by atoms with E-state index in [4.69, 9.17) is 14.2 Å². The molecule has 0 aliphatic carbocycles. The van der Waals surface area contributed by atoms with Crippen molar-refractivity contribution < 1.29 is 14.2 Å². The van der Waals surface area contributed by atoms with Gasteiger partial charge in [0.2, 0.25) is 0 Å². The van der Waals surface area contributed by atoms with Crippen molar-refractivity contribution in [1.82, 2.24) is 9.55 Å². The Kier molecular flexibility index (Phi) is 7.19. The molecule has 8 heteroatoms. The molecule has 2 aromatic rings. The first-order chi connectivity index (χ1) is 12.4. The van der Waals surface area contributed by atoms with Gasteiger partial charge in [0, 0.05) is 26.1 Å². The van der Waals surface area contributed by atoms with Crippen LogP contribution in [0.3, 0.4) is 0 Å². The van der Waals surface area contributed by atoms with E-state index in [0.29, 0.717) is 17.8 Å². The number of rotatable bonds is 8. The van der Waals surface area contributed by atoms with Crippen molar-refractivity contribution in [2.45, 2.75) is 19.9 Å². The monoisotopic (exact) mass is 425 g/mol. The molecule has 26 heavy (non-hydrogen) atoms. The molecule has 0 fully saturated rings. The molecule has 7 nitrogen and oxygen atoms in total. The molecular weight excluding hydrogens is 402 g/mol. The summed E-state index contributed by atoms with van der Waals surface area (Å²) in [6.45, 7) is 4.61. The molecule has 0 unspecified atom stereocenters. The molecule has 0 saturated carbocycles. The van der Waals surface area contributed by atoms with Gasteiger partial charge in [0.25, 0.3) is 5.56 Å². The van der Waals surface area contributed by atoms with Crippen LogP contribution in [-0.4, -0.2) is 44.1 Å². The Morgan fingerprint density at radius 2 is 1.73 bits per heavy atom. The van der Waals surface area contributed by atoms with Crippen LogP contribution in [0.2, 0.25) is 0 Å². The second-order valence-corrected chi connectivity index (χ2v) is 6.76. The number of aromatic nitrogens is 2. The highest BCUT2D eigenvalue weighted by molar-refractivity contribution is 9.10. The topological polar surface area (TPSA) is 74.6 Å². The average molecular weight is 426 g/mol. The van der Waals surface area contributed by atoms with Crippen molar-refractivity contribution >= 4 is 27.4 Å². The van der Waals surface area contributed by atoms with Crippen LogP contribution < -0.4 is 15.6 Å². The van der Waals surface area contributed by atoms with Crippen LogP contribution in [0.5, 0.6) is 5.75 Å². The van der Waals surface area contributed by atoms with Crippen LogP contribution in [0.15, 0.2) is 27.7 Å². The molecule has 0 radical (unpaired) electrons. The molecule has 1 aromatic carbocycles. The normalized spacial score (nSPS) is 11.0. The van der Waals surface area contributed by atoms with Gasteiger partial charge in [-0.25, -0.2) is 4.98 Å². The smallest absolute Gasteiger partial charge is 0.294 e.